The van der Waals surface area contributed by atoms with Crippen LogP contribution in [0.3, 0.4) is 0 Å². The minimum Gasteiger partial charge on any atom is -0.207 e. The molecule has 0 saturated heterocycles. The van der Waals surface area contributed by atoms with Crippen LogP contribution in [0.5, 0.6) is 0 Å². The predicted molar refractivity (Wildman–Crippen MR) is 90.2 cm³/mol. The van der Waals surface area contributed by atoms with Crippen molar-refractivity contribution in [3.05, 3.63) is 65.7 Å². The third kappa shape index (κ3) is 4.18. The average molecular weight is 317 g/mol. The maximum absolute atomic E-state index is 12.5. The molecule has 2 aromatic carbocycles. The Morgan fingerprint density at radius 1 is 0.955 bits per heavy atom. The van der Waals surface area contributed by atoms with Crippen LogP contribution in [-0.4, -0.2) is 8.42 Å². The molecule has 3 nitrogen and oxygen atoms in total. The first-order valence-electron chi connectivity index (χ1n) is 7.73. The van der Waals surface area contributed by atoms with Gasteiger partial charge < -0.3 is 0 Å². The minimum absolute atomic E-state index is 0.207. The van der Waals surface area contributed by atoms with Crippen LogP contribution in [-0.2, 0) is 16.4 Å². The van der Waals surface area contributed by atoms with Crippen molar-refractivity contribution in [2.24, 2.45) is 0 Å². The predicted octanol–water partition coefficient (Wildman–Crippen LogP) is 4.07. The van der Waals surface area contributed by atoms with Gasteiger partial charge in [0.25, 0.3) is 0 Å². The highest BCUT2D eigenvalue weighted by Gasteiger charge is 2.19. The molecule has 0 heterocycles. The SMILES string of the molecule is CCCc1ccc(S(=O)(=O)NC(CC)c2ccccc2)cc1. The molecule has 118 valence electrons. The number of benzene rings is 2. The summed E-state index contributed by atoms with van der Waals surface area (Å²) in [6, 6.07) is 16.6. The first-order chi connectivity index (χ1) is 10.6. The zero-order chi connectivity index (χ0) is 16.0. The normalized spacial score (nSPS) is 13.0. The van der Waals surface area contributed by atoms with Crippen molar-refractivity contribution < 1.29 is 8.42 Å². The standard InChI is InChI=1S/C18H23NO2S/c1-3-8-15-11-13-17(14-12-15)22(20,21)19-18(4-2)16-9-6-5-7-10-16/h5-7,9-14,18-19H,3-4,8H2,1-2H3. The molecular formula is C18H23NO2S. The largest absolute Gasteiger partial charge is 0.241 e. The van der Waals surface area contributed by atoms with E-state index in [1.54, 1.807) is 12.1 Å². The lowest BCUT2D eigenvalue weighted by Gasteiger charge is -2.17. The van der Waals surface area contributed by atoms with Gasteiger partial charge in [0.05, 0.1) is 4.90 Å². The molecule has 0 aromatic heterocycles. The molecule has 22 heavy (non-hydrogen) atoms. The van der Waals surface area contributed by atoms with E-state index in [1.807, 2.05) is 49.4 Å². The van der Waals surface area contributed by atoms with Crippen molar-refractivity contribution in [2.45, 2.75) is 44.0 Å². The summed E-state index contributed by atoms with van der Waals surface area (Å²) < 4.78 is 27.9. The van der Waals surface area contributed by atoms with E-state index in [4.69, 9.17) is 0 Å². The second-order valence-electron chi connectivity index (χ2n) is 5.39. The van der Waals surface area contributed by atoms with Crippen molar-refractivity contribution in [3.8, 4) is 0 Å². The second kappa shape index (κ2) is 7.56. The molecule has 0 fully saturated rings. The smallest absolute Gasteiger partial charge is 0.207 e. The van der Waals surface area contributed by atoms with Gasteiger partial charge in [-0.3, -0.25) is 0 Å². The van der Waals surface area contributed by atoms with Crippen LogP contribution < -0.4 is 4.72 Å². The molecular weight excluding hydrogens is 294 g/mol. The van der Waals surface area contributed by atoms with E-state index in [2.05, 4.69) is 11.6 Å². The molecule has 0 aliphatic heterocycles. The molecule has 0 bridgehead atoms. The van der Waals surface area contributed by atoms with Crippen molar-refractivity contribution in [3.63, 3.8) is 0 Å². The zero-order valence-corrected chi connectivity index (χ0v) is 13.9. The van der Waals surface area contributed by atoms with Gasteiger partial charge in [-0.1, -0.05) is 62.7 Å². The van der Waals surface area contributed by atoms with Gasteiger partial charge in [-0.2, -0.15) is 0 Å². The third-order valence-corrected chi connectivity index (χ3v) is 5.17. The Bertz CT molecular complexity index is 679. The number of aryl methyl sites for hydroxylation is 1. The Labute approximate surface area is 133 Å². The summed E-state index contributed by atoms with van der Waals surface area (Å²) in [5.41, 5.74) is 2.15. The number of hydrogen-bond acceptors (Lipinski definition) is 2. The molecule has 0 saturated carbocycles. The van der Waals surface area contributed by atoms with Gasteiger partial charge in [0.15, 0.2) is 0 Å². The van der Waals surface area contributed by atoms with E-state index in [1.165, 1.54) is 0 Å². The lowest BCUT2D eigenvalue weighted by atomic mass is 10.1. The average Bonchev–Trinajstić information content (AvgIpc) is 2.54. The van der Waals surface area contributed by atoms with Crippen molar-refractivity contribution in [1.29, 1.82) is 0 Å². The topological polar surface area (TPSA) is 46.2 Å². The summed E-state index contributed by atoms with van der Waals surface area (Å²) >= 11 is 0. The quantitative estimate of drug-likeness (QED) is 0.836. The van der Waals surface area contributed by atoms with Crippen LogP contribution in [0.15, 0.2) is 59.5 Å². The van der Waals surface area contributed by atoms with E-state index >= 15 is 0 Å². The van der Waals surface area contributed by atoms with E-state index in [9.17, 15) is 8.42 Å². The van der Waals surface area contributed by atoms with Gasteiger partial charge in [-0.05, 0) is 36.1 Å². The number of sulfonamides is 1. The molecule has 0 spiro atoms. The lowest BCUT2D eigenvalue weighted by molar-refractivity contribution is 0.550. The second-order valence-corrected chi connectivity index (χ2v) is 7.10. The van der Waals surface area contributed by atoms with E-state index < -0.39 is 10.0 Å². The van der Waals surface area contributed by atoms with Gasteiger partial charge in [0.1, 0.15) is 0 Å². The zero-order valence-electron chi connectivity index (χ0n) is 13.1. The fourth-order valence-electron chi connectivity index (χ4n) is 2.45. The van der Waals surface area contributed by atoms with Crippen LogP contribution in [0.25, 0.3) is 0 Å². The van der Waals surface area contributed by atoms with Gasteiger partial charge >= 0.3 is 0 Å². The minimum atomic E-state index is -3.50. The first-order valence-corrected chi connectivity index (χ1v) is 9.21. The van der Waals surface area contributed by atoms with Gasteiger partial charge in [-0.15, -0.1) is 0 Å². The molecule has 1 atom stereocenters. The van der Waals surface area contributed by atoms with Crippen molar-refractivity contribution in [1.82, 2.24) is 4.72 Å². The molecule has 0 amide bonds. The molecule has 4 heteroatoms. The molecule has 2 aromatic rings. The molecule has 0 aliphatic carbocycles. The summed E-state index contributed by atoms with van der Waals surface area (Å²) in [7, 11) is -3.50. The molecule has 1 unspecified atom stereocenters. The number of nitrogens with one attached hydrogen (secondary N) is 1. The molecule has 1 N–H and O–H groups in total. The third-order valence-electron chi connectivity index (χ3n) is 3.68. The number of rotatable bonds is 7. The Hall–Kier alpha value is -1.65. The first kappa shape index (κ1) is 16.7. The fourth-order valence-corrected chi connectivity index (χ4v) is 3.76. The highest BCUT2D eigenvalue weighted by Crippen LogP contribution is 2.20. The summed E-state index contributed by atoms with van der Waals surface area (Å²) in [5, 5.41) is 0. The van der Waals surface area contributed by atoms with Crippen molar-refractivity contribution in [2.75, 3.05) is 0 Å². The van der Waals surface area contributed by atoms with Gasteiger partial charge in [0.2, 0.25) is 10.0 Å². The Morgan fingerprint density at radius 2 is 1.59 bits per heavy atom. The van der Waals surface area contributed by atoms with E-state index in [-0.39, 0.29) is 6.04 Å². The summed E-state index contributed by atoms with van der Waals surface area (Å²) in [4.78, 5) is 0.321. The Morgan fingerprint density at radius 3 is 2.14 bits per heavy atom. The summed E-state index contributed by atoms with van der Waals surface area (Å²) in [6.45, 7) is 4.09. The highest BCUT2D eigenvalue weighted by molar-refractivity contribution is 7.89. The summed E-state index contributed by atoms with van der Waals surface area (Å²) in [6.07, 6.45) is 2.72. The van der Waals surface area contributed by atoms with Crippen LogP contribution in [0, 0.1) is 0 Å². The van der Waals surface area contributed by atoms with Crippen LogP contribution in [0.4, 0.5) is 0 Å². The number of hydrogen-bond donors (Lipinski definition) is 1. The molecule has 2 rings (SSSR count). The maximum Gasteiger partial charge on any atom is 0.241 e. The van der Waals surface area contributed by atoms with E-state index in [0.717, 1.165) is 24.0 Å². The van der Waals surface area contributed by atoms with Crippen LogP contribution in [0.1, 0.15) is 43.9 Å². The lowest BCUT2D eigenvalue weighted by Crippen LogP contribution is -2.28. The molecule has 0 radical (unpaired) electrons. The fraction of sp³-hybridized carbons (Fsp3) is 0.333. The van der Waals surface area contributed by atoms with Gasteiger partial charge in [-0.25, -0.2) is 13.1 Å². The molecule has 0 aliphatic rings. The Balaban J connectivity index is 2.19. The summed E-state index contributed by atoms with van der Waals surface area (Å²) in [5.74, 6) is 0. The van der Waals surface area contributed by atoms with Crippen LogP contribution >= 0.6 is 0 Å². The van der Waals surface area contributed by atoms with Crippen LogP contribution in [0.2, 0.25) is 0 Å². The maximum atomic E-state index is 12.5. The highest BCUT2D eigenvalue weighted by atomic mass is 32.2. The van der Waals surface area contributed by atoms with Crippen molar-refractivity contribution >= 4 is 10.0 Å². The monoisotopic (exact) mass is 317 g/mol. The van der Waals surface area contributed by atoms with Gasteiger partial charge in [0, 0.05) is 6.04 Å². The van der Waals surface area contributed by atoms with E-state index in [0.29, 0.717) is 11.3 Å². The Kier molecular flexibility index (Phi) is 5.75.